The van der Waals surface area contributed by atoms with Gasteiger partial charge in [-0.15, -0.1) is 11.3 Å². The van der Waals surface area contributed by atoms with E-state index >= 15 is 0 Å². The summed E-state index contributed by atoms with van der Waals surface area (Å²) in [6.45, 7) is 0. The molecule has 3 heterocycles. The number of thiophene rings is 1. The van der Waals surface area contributed by atoms with Crippen LogP contribution in [0.5, 0.6) is 0 Å². The summed E-state index contributed by atoms with van der Waals surface area (Å²) >= 11 is 1.85. The first-order valence-corrected chi connectivity index (χ1v) is 19.6. The monoisotopic (exact) mass is 732 g/mol. The fourth-order valence-corrected chi connectivity index (χ4v) is 9.10. The van der Waals surface area contributed by atoms with Crippen LogP contribution in [0.1, 0.15) is 0 Å². The van der Waals surface area contributed by atoms with Gasteiger partial charge in [-0.25, -0.2) is 9.97 Å². The Morgan fingerprint density at radius 2 is 0.911 bits per heavy atom. The Kier molecular flexibility index (Phi) is 7.68. The number of rotatable bonds is 6. The lowest BCUT2D eigenvalue weighted by Gasteiger charge is -2.14. The van der Waals surface area contributed by atoms with Crippen molar-refractivity contribution in [3.05, 3.63) is 194 Å². The van der Waals surface area contributed by atoms with Crippen molar-refractivity contribution in [1.82, 2.24) is 9.97 Å². The van der Waals surface area contributed by atoms with Gasteiger partial charge in [0.2, 0.25) is 0 Å². The van der Waals surface area contributed by atoms with E-state index < -0.39 is 0 Å². The number of aromatic nitrogens is 2. The normalized spacial score (nSPS) is 11.6. The molecule has 4 heteroatoms. The van der Waals surface area contributed by atoms with Crippen molar-refractivity contribution in [2.45, 2.75) is 0 Å². The van der Waals surface area contributed by atoms with E-state index in [-0.39, 0.29) is 0 Å². The Labute approximate surface area is 327 Å². The molecule has 11 aromatic rings. The SMILES string of the molecule is c1ccc(-c2cc(-c3cc(-c4cccc(-c5cccc6sc7ccccc7c56)c4)cc(-c4ccc5oc6ccccc6c5c4)c3)nc(-c3ccccc3)n2)cc1. The van der Waals surface area contributed by atoms with Gasteiger partial charge in [-0.05, 0) is 94.0 Å². The Morgan fingerprint density at radius 1 is 0.339 bits per heavy atom. The van der Waals surface area contributed by atoms with Gasteiger partial charge in [-0.3, -0.25) is 0 Å². The highest BCUT2D eigenvalue weighted by atomic mass is 32.1. The summed E-state index contributed by atoms with van der Waals surface area (Å²) in [6, 6.07) is 68.7. The molecule has 0 bridgehead atoms. The average Bonchev–Trinajstić information content (AvgIpc) is 3.85. The van der Waals surface area contributed by atoms with Gasteiger partial charge in [-0.2, -0.15) is 0 Å². The second-order valence-electron chi connectivity index (χ2n) is 14.2. The lowest BCUT2D eigenvalue weighted by atomic mass is 9.92. The molecule has 0 amide bonds. The Bertz CT molecular complexity index is 3190. The maximum Gasteiger partial charge on any atom is 0.160 e. The van der Waals surface area contributed by atoms with Crippen LogP contribution in [0.3, 0.4) is 0 Å². The van der Waals surface area contributed by atoms with Crippen molar-refractivity contribution < 1.29 is 4.42 Å². The zero-order valence-electron chi connectivity index (χ0n) is 30.2. The quantitative estimate of drug-likeness (QED) is 0.171. The summed E-state index contributed by atoms with van der Waals surface area (Å²) < 4.78 is 8.84. The fourth-order valence-electron chi connectivity index (χ4n) is 7.96. The van der Waals surface area contributed by atoms with E-state index in [0.29, 0.717) is 5.82 Å². The average molecular weight is 733 g/mol. The molecule has 0 N–H and O–H groups in total. The summed E-state index contributed by atoms with van der Waals surface area (Å²) in [5.74, 6) is 0.693. The first-order chi connectivity index (χ1) is 27.7. The van der Waals surface area contributed by atoms with E-state index in [1.807, 2.05) is 47.7 Å². The number of nitrogens with zero attached hydrogens (tertiary/aromatic N) is 2. The van der Waals surface area contributed by atoms with Crippen LogP contribution in [0.25, 0.3) is 109 Å². The van der Waals surface area contributed by atoms with Gasteiger partial charge in [0.05, 0.1) is 11.4 Å². The zero-order chi connectivity index (χ0) is 37.0. The Morgan fingerprint density at radius 3 is 1.73 bits per heavy atom. The molecule has 3 aromatic heterocycles. The van der Waals surface area contributed by atoms with Crippen molar-refractivity contribution in [1.29, 1.82) is 0 Å². The van der Waals surface area contributed by atoms with Gasteiger partial charge in [0.15, 0.2) is 5.82 Å². The number of hydrogen-bond donors (Lipinski definition) is 0. The molecule has 0 radical (unpaired) electrons. The highest BCUT2D eigenvalue weighted by Crippen LogP contribution is 2.42. The van der Waals surface area contributed by atoms with Gasteiger partial charge < -0.3 is 4.42 Å². The van der Waals surface area contributed by atoms with Crippen molar-refractivity contribution in [2.75, 3.05) is 0 Å². The second-order valence-corrected chi connectivity index (χ2v) is 15.2. The maximum atomic E-state index is 6.23. The largest absolute Gasteiger partial charge is 0.456 e. The molecule has 56 heavy (non-hydrogen) atoms. The van der Waals surface area contributed by atoms with Crippen LogP contribution in [0, 0.1) is 0 Å². The van der Waals surface area contributed by atoms with Crippen LogP contribution in [-0.2, 0) is 0 Å². The predicted molar refractivity (Wildman–Crippen MR) is 235 cm³/mol. The van der Waals surface area contributed by atoms with Gasteiger partial charge in [0.1, 0.15) is 11.2 Å². The van der Waals surface area contributed by atoms with Crippen LogP contribution in [0.2, 0.25) is 0 Å². The van der Waals surface area contributed by atoms with Gasteiger partial charge in [-0.1, -0.05) is 133 Å². The smallest absolute Gasteiger partial charge is 0.160 e. The van der Waals surface area contributed by atoms with E-state index in [0.717, 1.165) is 72.3 Å². The lowest BCUT2D eigenvalue weighted by Crippen LogP contribution is -1.96. The molecule has 0 unspecified atom stereocenters. The van der Waals surface area contributed by atoms with Crippen LogP contribution in [0.4, 0.5) is 0 Å². The summed E-state index contributed by atoms with van der Waals surface area (Å²) in [7, 11) is 0. The van der Waals surface area contributed by atoms with E-state index in [2.05, 4.69) is 158 Å². The minimum absolute atomic E-state index is 0.693. The second kappa shape index (κ2) is 13.3. The van der Waals surface area contributed by atoms with Gasteiger partial charge in [0.25, 0.3) is 0 Å². The molecular formula is C52H32N2OS. The Balaban J connectivity index is 1.13. The summed E-state index contributed by atoms with van der Waals surface area (Å²) in [5, 5.41) is 4.82. The molecule has 0 saturated carbocycles. The number of fused-ring (bicyclic) bond motifs is 6. The van der Waals surface area contributed by atoms with Crippen LogP contribution < -0.4 is 0 Å². The van der Waals surface area contributed by atoms with E-state index in [9.17, 15) is 0 Å². The van der Waals surface area contributed by atoms with Crippen molar-refractivity contribution >= 4 is 53.4 Å². The molecule has 11 rings (SSSR count). The summed E-state index contributed by atoms with van der Waals surface area (Å²) in [6.07, 6.45) is 0. The molecule has 0 aliphatic rings. The van der Waals surface area contributed by atoms with Gasteiger partial charge >= 0.3 is 0 Å². The summed E-state index contributed by atoms with van der Waals surface area (Å²) in [4.78, 5) is 10.3. The van der Waals surface area contributed by atoms with Gasteiger partial charge in [0, 0.05) is 47.6 Å². The minimum atomic E-state index is 0.693. The standard InChI is InChI=1S/C52H32N2OS/c1-3-13-33(14-4-1)45-32-46(54-52(53-45)34-15-5-2-6-16-34)40-29-38(28-39(30-40)36-25-26-48-44(31-36)42-19-7-9-22-47(42)55-48)35-17-11-18-37(27-35)41-21-12-24-50-51(41)43-20-8-10-23-49(43)56-50/h1-32H. The molecular weight excluding hydrogens is 701 g/mol. The zero-order valence-corrected chi connectivity index (χ0v) is 31.0. The fraction of sp³-hybridized carbons (Fsp3) is 0. The number of benzene rings is 8. The molecule has 0 aliphatic carbocycles. The number of para-hydroxylation sites is 1. The third kappa shape index (κ3) is 5.67. The van der Waals surface area contributed by atoms with Crippen molar-refractivity contribution in [3.8, 4) is 67.3 Å². The van der Waals surface area contributed by atoms with Crippen LogP contribution in [0.15, 0.2) is 199 Å². The summed E-state index contributed by atoms with van der Waals surface area (Å²) in [5.41, 5.74) is 13.4. The molecule has 0 aliphatic heterocycles. The topological polar surface area (TPSA) is 38.9 Å². The molecule has 262 valence electrons. The predicted octanol–water partition coefficient (Wildman–Crippen LogP) is 14.7. The third-order valence-electron chi connectivity index (χ3n) is 10.7. The molecule has 0 fully saturated rings. The number of hydrogen-bond acceptors (Lipinski definition) is 4. The van der Waals surface area contributed by atoms with E-state index in [1.165, 1.54) is 31.3 Å². The van der Waals surface area contributed by atoms with Crippen molar-refractivity contribution in [3.63, 3.8) is 0 Å². The van der Waals surface area contributed by atoms with E-state index in [4.69, 9.17) is 14.4 Å². The lowest BCUT2D eigenvalue weighted by molar-refractivity contribution is 0.669. The maximum absolute atomic E-state index is 6.23. The Hall–Kier alpha value is -7.14. The third-order valence-corrected chi connectivity index (χ3v) is 11.8. The van der Waals surface area contributed by atoms with E-state index in [1.54, 1.807) is 0 Å². The van der Waals surface area contributed by atoms with Crippen LogP contribution >= 0.6 is 11.3 Å². The molecule has 0 saturated heterocycles. The van der Waals surface area contributed by atoms with Crippen molar-refractivity contribution in [2.24, 2.45) is 0 Å². The molecule has 3 nitrogen and oxygen atoms in total. The highest BCUT2D eigenvalue weighted by molar-refractivity contribution is 7.25. The molecule has 0 atom stereocenters. The highest BCUT2D eigenvalue weighted by Gasteiger charge is 2.16. The number of furan rings is 1. The van der Waals surface area contributed by atoms with Crippen LogP contribution in [-0.4, -0.2) is 9.97 Å². The first kappa shape index (κ1) is 32.3. The minimum Gasteiger partial charge on any atom is -0.456 e. The molecule has 0 spiro atoms. The molecule has 8 aromatic carbocycles. The first-order valence-electron chi connectivity index (χ1n) is 18.8.